The molecule has 0 spiro atoms. The van der Waals surface area contributed by atoms with Gasteiger partial charge in [-0.3, -0.25) is 0 Å². The first kappa shape index (κ1) is 12.1. The highest BCUT2D eigenvalue weighted by molar-refractivity contribution is 7.99. The SMILES string of the molecule is Cc1nc(Sc2ccc([C@@H](C)O)cn2)oc1C. The molecule has 0 aromatic carbocycles. The van der Waals surface area contributed by atoms with Crippen molar-refractivity contribution < 1.29 is 9.52 Å². The summed E-state index contributed by atoms with van der Waals surface area (Å²) in [5.41, 5.74) is 1.70. The second-order valence-electron chi connectivity index (χ2n) is 3.83. The smallest absolute Gasteiger partial charge is 0.262 e. The highest BCUT2D eigenvalue weighted by Crippen LogP contribution is 2.27. The summed E-state index contributed by atoms with van der Waals surface area (Å²) >= 11 is 1.37. The van der Waals surface area contributed by atoms with E-state index in [1.54, 1.807) is 13.1 Å². The lowest BCUT2D eigenvalue weighted by atomic mass is 10.2. The highest BCUT2D eigenvalue weighted by atomic mass is 32.2. The summed E-state index contributed by atoms with van der Waals surface area (Å²) in [6.07, 6.45) is 1.17. The lowest BCUT2D eigenvalue weighted by molar-refractivity contribution is 0.198. The molecule has 0 aliphatic carbocycles. The van der Waals surface area contributed by atoms with Crippen molar-refractivity contribution in [2.45, 2.75) is 37.1 Å². The second-order valence-corrected chi connectivity index (χ2v) is 4.80. The third kappa shape index (κ3) is 2.87. The van der Waals surface area contributed by atoms with Crippen LogP contribution in [0.1, 0.15) is 30.0 Å². The van der Waals surface area contributed by atoms with Crippen LogP contribution >= 0.6 is 11.8 Å². The first-order valence-corrected chi connectivity index (χ1v) is 6.14. The molecule has 2 rings (SSSR count). The fourth-order valence-corrected chi connectivity index (χ4v) is 2.05. The minimum absolute atomic E-state index is 0.493. The maximum Gasteiger partial charge on any atom is 0.262 e. The van der Waals surface area contributed by atoms with E-state index in [1.807, 2.05) is 26.0 Å². The zero-order chi connectivity index (χ0) is 12.4. The Hall–Kier alpha value is -1.33. The Labute approximate surface area is 104 Å². The molecule has 0 amide bonds. The van der Waals surface area contributed by atoms with E-state index in [0.717, 1.165) is 22.0 Å². The van der Waals surface area contributed by atoms with Gasteiger partial charge in [-0.05, 0) is 44.2 Å². The summed E-state index contributed by atoms with van der Waals surface area (Å²) in [7, 11) is 0. The van der Waals surface area contributed by atoms with Gasteiger partial charge in [-0.2, -0.15) is 0 Å². The van der Waals surface area contributed by atoms with Crippen molar-refractivity contribution in [3.8, 4) is 0 Å². The second kappa shape index (κ2) is 4.89. The molecule has 2 aromatic rings. The average Bonchev–Trinajstić information content (AvgIpc) is 2.58. The Morgan fingerprint density at radius 3 is 2.59 bits per heavy atom. The Balaban J connectivity index is 2.13. The lowest BCUT2D eigenvalue weighted by Crippen LogP contribution is -1.92. The molecule has 0 radical (unpaired) electrons. The Morgan fingerprint density at radius 1 is 1.35 bits per heavy atom. The monoisotopic (exact) mass is 250 g/mol. The topological polar surface area (TPSA) is 59.2 Å². The molecule has 0 fully saturated rings. The van der Waals surface area contributed by atoms with Crippen molar-refractivity contribution in [1.82, 2.24) is 9.97 Å². The van der Waals surface area contributed by atoms with Gasteiger partial charge in [-0.1, -0.05) is 6.07 Å². The Bertz CT molecular complexity index is 486. The minimum Gasteiger partial charge on any atom is -0.436 e. The predicted octanol–water partition coefficient (Wildman–Crippen LogP) is 2.89. The Morgan fingerprint density at radius 2 is 2.12 bits per heavy atom. The molecule has 4 nitrogen and oxygen atoms in total. The number of oxazole rings is 1. The average molecular weight is 250 g/mol. The van der Waals surface area contributed by atoms with Crippen LogP contribution in [-0.4, -0.2) is 15.1 Å². The van der Waals surface area contributed by atoms with Crippen molar-refractivity contribution in [2.75, 3.05) is 0 Å². The van der Waals surface area contributed by atoms with Crippen LogP contribution in [0.15, 0.2) is 33.0 Å². The molecule has 1 N–H and O–H groups in total. The fourth-order valence-electron chi connectivity index (χ4n) is 1.28. The van der Waals surface area contributed by atoms with Gasteiger partial charge in [-0.15, -0.1) is 0 Å². The van der Waals surface area contributed by atoms with E-state index in [-0.39, 0.29) is 0 Å². The molecule has 5 heteroatoms. The van der Waals surface area contributed by atoms with Crippen molar-refractivity contribution >= 4 is 11.8 Å². The summed E-state index contributed by atoms with van der Waals surface area (Å²) < 4.78 is 5.46. The van der Waals surface area contributed by atoms with E-state index in [4.69, 9.17) is 4.42 Å². The summed E-state index contributed by atoms with van der Waals surface area (Å²) in [6.45, 7) is 5.51. The number of aliphatic hydroxyl groups is 1. The number of nitrogens with zero attached hydrogens (tertiary/aromatic N) is 2. The van der Waals surface area contributed by atoms with Crippen molar-refractivity contribution in [3.63, 3.8) is 0 Å². The van der Waals surface area contributed by atoms with E-state index >= 15 is 0 Å². The molecule has 1 atom stereocenters. The van der Waals surface area contributed by atoms with Crippen LogP contribution in [0.3, 0.4) is 0 Å². The number of aryl methyl sites for hydroxylation is 2. The predicted molar refractivity (Wildman–Crippen MR) is 65.0 cm³/mol. The van der Waals surface area contributed by atoms with Gasteiger partial charge in [0, 0.05) is 6.20 Å². The summed E-state index contributed by atoms with van der Waals surface area (Å²) in [6, 6.07) is 3.70. The number of hydrogen-bond donors (Lipinski definition) is 1. The zero-order valence-electron chi connectivity index (χ0n) is 9.97. The third-order valence-corrected chi connectivity index (χ3v) is 3.24. The van der Waals surface area contributed by atoms with E-state index in [1.165, 1.54) is 11.8 Å². The van der Waals surface area contributed by atoms with Crippen molar-refractivity contribution in [1.29, 1.82) is 0 Å². The molecule has 0 saturated heterocycles. The summed E-state index contributed by atoms with van der Waals surface area (Å²) in [5.74, 6) is 0.827. The maximum absolute atomic E-state index is 9.37. The van der Waals surface area contributed by atoms with Crippen LogP contribution in [0.5, 0.6) is 0 Å². The van der Waals surface area contributed by atoms with Gasteiger partial charge in [-0.25, -0.2) is 9.97 Å². The zero-order valence-corrected chi connectivity index (χ0v) is 10.8. The van der Waals surface area contributed by atoms with Crippen LogP contribution in [-0.2, 0) is 0 Å². The quantitative estimate of drug-likeness (QED) is 0.907. The maximum atomic E-state index is 9.37. The van der Waals surface area contributed by atoms with Gasteiger partial charge in [0.05, 0.1) is 11.8 Å². The van der Waals surface area contributed by atoms with Gasteiger partial charge < -0.3 is 9.52 Å². The molecule has 17 heavy (non-hydrogen) atoms. The molecule has 0 aliphatic heterocycles. The first-order chi connectivity index (χ1) is 8.06. The molecule has 0 unspecified atom stereocenters. The van der Waals surface area contributed by atoms with Crippen LogP contribution in [0, 0.1) is 13.8 Å². The van der Waals surface area contributed by atoms with Crippen LogP contribution < -0.4 is 0 Å². The number of aromatic nitrogens is 2. The van der Waals surface area contributed by atoms with Crippen molar-refractivity contribution in [3.05, 3.63) is 35.3 Å². The number of hydrogen-bond acceptors (Lipinski definition) is 5. The van der Waals surface area contributed by atoms with Gasteiger partial charge >= 0.3 is 0 Å². The summed E-state index contributed by atoms with van der Waals surface area (Å²) in [5, 5.41) is 10.8. The minimum atomic E-state index is -0.493. The summed E-state index contributed by atoms with van der Waals surface area (Å²) in [4.78, 5) is 8.51. The van der Waals surface area contributed by atoms with E-state index < -0.39 is 6.10 Å². The highest BCUT2D eigenvalue weighted by Gasteiger charge is 2.08. The lowest BCUT2D eigenvalue weighted by Gasteiger charge is -2.03. The first-order valence-electron chi connectivity index (χ1n) is 5.32. The van der Waals surface area contributed by atoms with Gasteiger partial charge in [0.1, 0.15) is 10.8 Å². The van der Waals surface area contributed by atoms with E-state index in [9.17, 15) is 5.11 Å². The third-order valence-electron chi connectivity index (χ3n) is 2.44. The molecule has 2 heterocycles. The number of pyridine rings is 1. The van der Waals surface area contributed by atoms with Crippen LogP contribution in [0.4, 0.5) is 0 Å². The van der Waals surface area contributed by atoms with Crippen LogP contribution in [0.2, 0.25) is 0 Å². The number of rotatable bonds is 3. The van der Waals surface area contributed by atoms with Gasteiger partial charge in [0.15, 0.2) is 0 Å². The fraction of sp³-hybridized carbons (Fsp3) is 0.333. The molecular formula is C12H14N2O2S. The van der Waals surface area contributed by atoms with Gasteiger partial charge in [0.2, 0.25) is 0 Å². The molecule has 0 aliphatic rings. The van der Waals surface area contributed by atoms with E-state index in [2.05, 4.69) is 9.97 Å². The van der Waals surface area contributed by atoms with E-state index in [0.29, 0.717) is 5.22 Å². The van der Waals surface area contributed by atoms with Crippen LogP contribution in [0.25, 0.3) is 0 Å². The Kier molecular flexibility index (Phi) is 3.49. The standard InChI is InChI=1S/C12H14N2O2S/c1-7-9(3)16-12(14-7)17-11-5-4-10(6-13-11)8(2)15/h4-6,8,15H,1-3H3/t8-/m1/s1. The molecule has 0 saturated carbocycles. The number of aliphatic hydroxyl groups excluding tert-OH is 1. The normalized spacial score (nSPS) is 12.7. The molecule has 90 valence electrons. The van der Waals surface area contributed by atoms with Crippen molar-refractivity contribution in [2.24, 2.45) is 0 Å². The largest absolute Gasteiger partial charge is 0.436 e. The molecular weight excluding hydrogens is 236 g/mol. The molecule has 0 bridgehead atoms. The van der Waals surface area contributed by atoms with Gasteiger partial charge in [0.25, 0.3) is 5.22 Å². The molecule has 2 aromatic heterocycles.